The molecule has 1 atom stereocenters. The van der Waals surface area contributed by atoms with Gasteiger partial charge in [-0.3, -0.25) is 0 Å². The average molecular weight is 98.6 g/mol. The number of hydrogen-bond donors (Lipinski definition) is 0. The van der Waals surface area contributed by atoms with Crippen molar-refractivity contribution in [2.75, 3.05) is 6.26 Å². The maximum Gasteiger partial charge on any atom is 0.111 e. The number of rotatable bonds is 0. The van der Waals surface area contributed by atoms with Crippen molar-refractivity contribution in [2.24, 2.45) is 0 Å². The minimum absolute atomic E-state index is 1.14. The fourth-order valence-electron chi connectivity index (χ4n) is 0. The lowest BCUT2D eigenvalue weighted by atomic mass is 12.0. The highest BCUT2D eigenvalue weighted by molar-refractivity contribution is 8.07. The molecule has 0 unspecified atom stereocenters. The van der Waals surface area contributed by atoms with E-state index in [1.54, 1.807) is 0 Å². The summed E-state index contributed by atoms with van der Waals surface area (Å²) >= 11 is 0. The van der Waals surface area contributed by atoms with Crippen LogP contribution in [0, 0.1) is 0 Å². The van der Waals surface area contributed by atoms with Crippen molar-refractivity contribution in [1.82, 2.24) is 0 Å². The van der Waals surface area contributed by atoms with Crippen LogP contribution in [0.15, 0.2) is 0 Å². The number of halogens is 1. The van der Waals surface area contributed by atoms with E-state index in [4.69, 9.17) is 10.7 Å². The van der Waals surface area contributed by atoms with Crippen LogP contribution in [-0.2, 0) is 10.0 Å². The van der Waals surface area contributed by atoms with Gasteiger partial charge < -0.3 is 0 Å². The summed E-state index contributed by atoms with van der Waals surface area (Å²) in [6.45, 7) is 0. The van der Waals surface area contributed by atoms with Crippen LogP contribution in [0.3, 0.4) is 0 Å². The van der Waals surface area contributed by atoms with Gasteiger partial charge >= 0.3 is 0 Å². The molecule has 0 aromatic rings. The van der Waals surface area contributed by atoms with Crippen LogP contribution in [0.1, 0.15) is 0 Å². The van der Waals surface area contributed by atoms with Gasteiger partial charge in [0.1, 0.15) is 10.0 Å². The maximum atomic E-state index is 9.32. The van der Waals surface area contributed by atoms with Crippen molar-refractivity contribution in [1.29, 1.82) is 0 Å². The molecule has 0 saturated carbocycles. The van der Waals surface area contributed by atoms with Gasteiger partial charge in [0, 0.05) is 6.26 Å². The molecule has 0 rings (SSSR count). The minimum atomic E-state index is -1.14. The van der Waals surface area contributed by atoms with Crippen molar-refractivity contribution >= 4 is 20.7 Å². The maximum absolute atomic E-state index is 9.32. The molecule has 4 heavy (non-hydrogen) atoms. The zero-order chi connectivity index (χ0) is 3.58. The van der Waals surface area contributed by atoms with Crippen LogP contribution in [0.25, 0.3) is 0 Å². The van der Waals surface area contributed by atoms with Gasteiger partial charge in [0.05, 0.1) is 0 Å². The molecule has 0 heterocycles. The lowest BCUT2D eigenvalue weighted by molar-refractivity contribution is 0.694. The Kier molecular flexibility index (Phi) is 1.92. The first-order valence-corrected chi connectivity index (χ1v) is 3.11. The van der Waals surface area contributed by atoms with Gasteiger partial charge in [0.2, 0.25) is 0 Å². The van der Waals surface area contributed by atoms with Crippen LogP contribution in [0.5, 0.6) is 0 Å². The van der Waals surface area contributed by atoms with E-state index in [1.165, 1.54) is 6.26 Å². The summed E-state index contributed by atoms with van der Waals surface area (Å²) < 4.78 is 9.32. The summed E-state index contributed by atoms with van der Waals surface area (Å²) in [6, 6.07) is 0. The summed E-state index contributed by atoms with van der Waals surface area (Å²) in [5.41, 5.74) is 0. The van der Waals surface area contributed by atoms with Crippen molar-refractivity contribution in [3.8, 4) is 0 Å². The second-order valence-corrected chi connectivity index (χ2v) is 2.46. The highest BCUT2D eigenvalue weighted by atomic mass is 35.7. The van der Waals surface area contributed by atoms with Gasteiger partial charge in [0.15, 0.2) is 0 Å². The topological polar surface area (TPSA) is 17.1 Å². The van der Waals surface area contributed by atoms with E-state index >= 15 is 0 Å². The molecule has 0 N–H and O–H groups in total. The Labute approximate surface area is 31.9 Å². The average Bonchev–Trinajstić information content (AvgIpc) is 0.811. The normalized spacial score (nSPS) is 15.5. The van der Waals surface area contributed by atoms with Gasteiger partial charge in [-0.1, -0.05) is 0 Å². The lowest BCUT2D eigenvalue weighted by Crippen LogP contribution is -1.57. The predicted molar refractivity (Wildman–Crippen MR) is 19.9 cm³/mol. The molecule has 0 spiro atoms. The zero-order valence-corrected chi connectivity index (χ0v) is 3.77. The molecule has 0 aliphatic carbocycles. The Morgan fingerprint density at radius 1 is 2.00 bits per heavy atom. The van der Waals surface area contributed by atoms with E-state index in [2.05, 4.69) is 0 Å². The van der Waals surface area contributed by atoms with E-state index in [9.17, 15) is 4.21 Å². The molecule has 3 heteroatoms. The Balaban J connectivity index is 2.80. The highest BCUT2D eigenvalue weighted by Crippen LogP contribution is 1.73. The second-order valence-electron chi connectivity index (χ2n) is 0.384. The minimum Gasteiger partial charge on any atom is -0.243 e. The second kappa shape index (κ2) is 1.73. The molecule has 0 amide bonds. The van der Waals surface area contributed by atoms with E-state index in [1.807, 2.05) is 0 Å². The first kappa shape index (κ1) is 4.44. The molecule has 0 fully saturated rings. The van der Waals surface area contributed by atoms with Crippen LogP contribution in [0.4, 0.5) is 0 Å². The fourth-order valence-corrected chi connectivity index (χ4v) is 0. The summed E-state index contributed by atoms with van der Waals surface area (Å²) in [7, 11) is 3.61. The summed E-state index contributed by atoms with van der Waals surface area (Å²) in [5, 5.41) is 0. The van der Waals surface area contributed by atoms with Crippen molar-refractivity contribution in [2.45, 2.75) is 0 Å². The first-order valence-electron chi connectivity index (χ1n) is 0.729. The van der Waals surface area contributed by atoms with E-state index in [0.717, 1.165) is 0 Å². The summed E-state index contributed by atoms with van der Waals surface area (Å²) in [4.78, 5) is 0. The van der Waals surface area contributed by atoms with Gasteiger partial charge in [-0.15, -0.1) is 0 Å². The largest absolute Gasteiger partial charge is 0.243 e. The number of hydrogen-bond acceptors (Lipinski definition) is 1. The first-order chi connectivity index (χ1) is 1.73. The van der Waals surface area contributed by atoms with Crippen molar-refractivity contribution in [3.63, 3.8) is 0 Å². The Hall–Kier alpha value is 0.440. The third-order valence-electron chi connectivity index (χ3n) is 0. The molecule has 1 nitrogen and oxygen atoms in total. The van der Waals surface area contributed by atoms with Gasteiger partial charge in [-0.05, 0) is 10.7 Å². The Morgan fingerprint density at radius 3 is 2.00 bits per heavy atom. The molecule has 0 aromatic carbocycles. The summed E-state index contributed by atoms with van der Waals surface area (Å²) in [6.07, 6.45) is 1.40. The van der Waals surface area contributed by atoms with Gasteiger partial charge in [-0.2, -0.15) is 0 Å². The quantitative estimate of drug-likeness (QED) is 0.404. The van der Waals surface area contributed by atoms with E-state index < -0.39 is 10.0 Å². The van der Waals surface area contributed by atoms with Crippen LogP contribution >= 0.6 is 10.7 Å². The van der Waals surface area contributed by atoms with E-state index in [-0.39, 0.29) is 0 Å². The fraction of sp³-hybridized carbons (Fsp3) is 1.00. The Bertz CT molecular complexity index is 31.0. The smallest absolute Gasteiger partial charge is 0.111 e. The SMILES string of the molecule is C[S@](=O)Cl. The Morgan fingerprint density at radius 2 is 2.00 bits per heavy atom. The molecule has 26 valence electrons. The molecule has 0 saturated heterocycles. The third kappa shape index (κ3) is 26.1. The van der Waals surface area contributed by atoms with Gasteiger partial charge in [0.25, 0.3) is 0 Å². The van der Waals surface area contributed by atoms with Crippen LogP contribution < -0.4 is 0 Å². The predicted octanol–water partition coefficient (Wildman–Crippen LogP) is 0.519. The van der Waals surface area contributed by atoms with Crippen molar-refractivity contribution in [3.05, 3.63) is 0 Å². The molecule has 0 aliphatic rings. The monoisotopic (exact) mass is 98.0 g/mol. The zero-order valence-electron chi connectivity index (χ0n) is 2.19. The standard InChI is InChI=1S/CH3ClOS/c1-4(2)3/h1H3/t4-/m0/s1. The molecule has 0 aromatic heterocycles. The highest BCUT2D eigenvalue weighted by Gasteiger charge is 1.62. The van der Waals surface area contributed by atoms with Crippen molar-refractivity contribution < 1.29 is 4.21 Å². The van der Waals surface area contributed by atoms with Crippen LogP contribution in [0.2, 0.25) is 0 Å². The third-order valence-corrected chi connectivity index (χ3v) is 0. The summed E-state index contributed by atoms with van der Waals surface area (Å²) in [5.74, 6) is 0. The van der Waals surface area contributed by atoms with E-state index in [0.29, 0.717) is 0 Å². The van der Waals surface area contributed by atoms with Crippen LogP contribution in [-0.4, -0.2) is 10.5 Å². The molecular weight excluding hydrogens is 95.5 g/mol. The van der Waals surface area contributed by atoms with Gasteiger partial charge in [-0.25, -0.2) is 4.21 Å². The molecular formula is CH3ClOS. The lowest BCUT2D eigenvalue weighted by Gasteiger charge is -1.55. The molecule has 0 aliphatic heterocycles. The molecule has 0 radical (unpaired) electrons. The molecule has 0 bridgehead atoms.